The van der Waals surface area contributed by atoms with E-state index in [-0.39, 0.29) is 24.1 Å². The Morgan fingerprint density at radius 1 is 0.804 bits per heavy atom. The smallest absolute Gasteiger partial charge is 0.373 e. The number of carboxylic acids is 2. The Hall–Kier alpha value is -4.77. The summed E-state index contributed by atoms with van der Waals surface area (Å²) < 4.78 is 0. The molecule has 0 aliphatic heterocycles. The van der Waals surface area contributed by atoms with Gasteiger partial charge in [0.2, 0.25) is 5.91 Å². The van der Waals surface area contributed by atoms with Crippen molar-refractivity contribution in [3.05, 3.63) is 96.1 Å². The van der Waals surface area contributed by atoms with Gasteiger partial charge < -0.3 is 25.5 Å². The number of amides is 1. The molecule has 2 heterocycles. The fourth-order valence-electron chi connectivity index (χ4n) is 4.77. The molecular formula is C34H44N4O8. The summed E-state index contributed by atoms with van der Waals surface area (Å²) in [5, 5.41) is 28.0. The van der Waals surface area contributed by atoms with E-state index in [2.05, 4.69) is 39.6 Å². The van der Waals surface area contributed by atoms with Gasteiger partial charge in [0.05, 0.1) is 25.0 Å². The van der Waals surface area contributed by atoms with Crippen LogP contribution >= 0.6 is 0 Å². The third-order valence-corrected chi connectivity index (χ3v) is 7.10. The number of nitrogens with one attached hydrogen (secondary N) is 1. The summed E-state index contributed by atoms with van der Waals surface area (Å²) in [5.41, 5.74) is 3.67. The minimum Gasteiger partial charge on any atom is -0.481 e. The third-order valence-electron chi connectivity index (χ3n) is 7.10. The summed E-state index contributed by atoms with van der Waals surface area (Å²) in [7, 11) is 3.84. The van der Waals surface area contributed by atoms with Gasteiger partial charge >= 0.3 is 18.1 Å². The Kier molecular flexibility index (Phi) is 20.1. The van der Waals surface area contributed by atoms with Gasteiger partial charge in [0, 0.05) is 37.9 Å². The highest BCUT2D eigenvalue weighted by Crippen LogP contribution is 2.18. The lowest BCUT2D eigenvalue weighted by Crippen LogP contribution is -2.48. The number of rotatable bonds is 17. The van der Waals surface area contributed by atoms with Crippen LogP contribution in [0.3, 0.4) is 0 Å². The van der Waals surface area contributed by atoms with E-state index in [0.717, 1.165) is 38.5 Å². The molecule has 1 aromatic carbocycles. The highest BCUT2D eigenvalue weighted by atomic mass is 16.4. The van der Waals surface area contributed by atoms with Gasteiger partial charge in [0.25, 0.3) is 0 Å². The van der Waals surface area contributed by atoms with E-state index >= 15 is 0 Å². The Bertz CT molecular complexity index is 1240. The van der Waals surface area contributed by atoms with Gasteiger partial charge in [-0.15, -0.1) is 0 Å². The summed E-state index contributed by atoms with van der Waals surface area (Å²) in [6.45, 7) is 0. The van der Waals surface area contributed by atoms with Crippen molar-refractivity contribution in [2.45, 2.75) is 76.0 Å². The van der Waals surface area contributed by atoms with Crippen molar-refractivity contribution in [2.24, 2.45) is 0 Å². The third kappa shape index (κ3) is 17.5. The minimum absolute atomic E-state index is 0.161. The molecule has 3 rings (SSSR count). The van der Waals surface area contributed by atoms with Gasteiger partial charge in [-0.2, -0.15) is 9.59 Å². The molecule has 0 saturated heterocycles. The molecule has 0 saturated carbocycles. The summed E-state index contributed by atoms with van der Waals surface area (Å²) >= 11 is 0. The van der Waals surface area contributed by atoms with Gasteiger partial charge in [-0.05, 0) is 80.8 Å². The van der Waals surface area contributed by atoms with E-state index in [4.69, 9.17) is 24.9 Å². The maximum Gasteiger partial charge on any atom is 0.373 e. The fraction of sp³-hybridized carbons (Fsp3) is 0.412. The number of aliphatic hydroxyl groups is 1. The highest BCUT2D eigenvalue weighted by molar-refractivity contribution is 5.82. The molecule has 0 fully saturated rings. The van der Waals surface area contributed by atoms with Crippen molar-refractivity contribution in [1.82, 2.24) is 20.2 Å². The lowest BCUT2D eigenvalue weighted by atomic mass is 9.97. The van der Waals surface area contributed by atoms with E-state index in [9.17, 15) is 14.4 Å². The second kappa shape index (κ2) is 23.6. The van der Waals surface area contributed by atoms with Crippen LogP contribution in [0.1, 0.15) is 55.2 Å². The molecule has 0 bridgehead atoms. The maximum absolute atomic E-state index is 13.4. The van der Waals surface area contributed by atoms with Gasteiger partial charge in [0.1, 0.15) is 0 Å². The molecule has 2 aromatic heterocycles. The van der Waals surface area contributed by atoms with Crippen LogP contribution < -0.4 is 5.32 Å². The molecule has 12 nitrogen and oxygen atoms in total. The van der Waals surface area contributed by atoms with E-state index in [1.807, 2.05) is 74.1 Å². The molecule has 4 N–H and O–H groups in total. The number of benzene rings is 1. The zero-order valence-corrected chi connectivity index (χ0v) is 26.3. The summed E-state index contributed by atoms with van der Waals surface area (Å²) in [5.74, 6) is -2.24. The fourth-order valence-corrected chi connectivity index (χ4v) is 4.77. The first-order valence-corrected chi connectivity index (χ1v) is 15.0. The number of hydrogen-bond acceptors (Lipinski definition) is 9. The summed E-state index contributed by atoms with van der Waals surface area (Å²) in [6, 6.07) is 18.4. The Labute approximate surface area is 269 Å². The van der Waals surface area contributed by atoms with Gasteiger partial charge in [0.15, 0.2) is 0 Å². The predicted octanol–water partition coefficient (Wildman–Crippen LogP) is 3.19. The molecule has 46 heavy (non-hydrogen) atoms. The number of aliphatic hydroxyl groups excluding tert-OH is 1. The number of nitrogens with zero attached hydrogens (tertiary/aromatic N) is 3. The van der Waals surface area contributed by atoms with Gasteiger partial charge in [-0.1, -0.05) is 42.5 Å². The molecule has 248 valence electrons. The van der Waals surface area contributed by atoms with Crippen LogP contribution in [-0.2, 0) is 43.2 Å². The van der Waals surface area contributed by atoms with Crippen LogP contribution in [0.4, 0.5) is 0 Å². The Morgan fingerprint density at radius 2 is 1.26 bits per heavy atom. The number of carbonyl (C=O) groups excluding carboxylic acids is 3. The number of carbonyl (C=O) groups is 3. The van der Waals surface area contributed by atoms with E-state index in [1.165, 1.54) is 16.7 Å². The molecule has 12 heteroatoms. The van der Waals surface area contributed by atoms with Crippen LogP contribution in [0.5, 0.6) is 0 Å². The topological polar surface area (TPSA) is 187 Å². The number of carboxylic acid groups (broad SMARTS) is 2. The SMILES string of the molecule is CN[C@@H](Cc1ccccc1)C(=O)N(C)C(CCCc1cccnc1)CCCc1cccnc1.O=C(O)CC(O)CC(=O)O.O=C=O. The van der Waals surface area contributed by atoms with Crippen molar-refractivity contribution in [2.75, 3.05) is 14.1 Å². The Balaban J connectivity index is 0.000000687. The molecule has 0 aliphatic carbocycles. The maximum atomic E-state index is 13.4. The molecule has 1 atom stereocenters. The molecule has 0 spiro atoms. The van der Waals surface area contributed by atoms with Crippen molar-refractivity contribution < 1.29 is 39.3 Å². The predicted molar refractivity (Wildman–Crippen MR) is 169 cm³/mol. The van der Waals surface area contributed by atoms with Crippen LogP contribution in [0.2, 0.25) is 0 Å². The van der Waals surface area contributed by atoms with Crippen molar-refractivity contribution in [3.63, 3.8) is 0 Å². The van der Waals surface area contributed by atoms with E-state index in [1.54, 1.807) is 0 Å². The Morgan fingerprint density at radius 3 is 1.65 bits per heavy atom. The molecule has 0 unspecified atom stereocenters. The van der Waals surface area contributed by atoms with Crippen LogP contribution in [0, 0.1) is 0 Å². The number of pyridine rings is 2. The number of likely N-dealkylation sites (N-methyl/N-ethyl adjacent to an activating group) is 2. The van der Waals surface area contributed by atoms with Crippen LogP contribution in [-0.4, -0.2) is 86.5 Å². The highest BCUT2D eigenvalue weighted by Gasteiger charge is 2.26. The summed E-state index contributed by atoms with van der Waals surface area (Å²) in [6.07, 6.45) is 12.1. The molecule has 0 aliphatic rings. The van der Waals surface area contributed by atoms with Gasteiger partial charge in [-0.25, -0.2) is 0 Å². The van der Waals surface area contributed by atoms with E-state index in [0.29, 0.717) is 6.42 Å². The molecule has 0 radical (unpaired) electrons. The van der Waals surface area contributed by atoms with Crippen LogP contribution in [0.15, 0.2) is 79.4 Å². The zero-order valence-electron chi connectivity index (χ0n) is 26.3. The number of aromatic nitrogens is 2. The molecule has 3 aromatic rings. The lowest BCUT2D eigenvalue weighted by molar-refractivity contribution is -0.191. The molecule has 1 amide bonds. The normalized spacial score (nSPS) is 10.9. The van der Waals surface area contributed by atoms with Crippen molar-refractivity contribution in [1.29, 1.82) is 0 Å². The van der Waals surface area contributed by atoms with Crippen molar-refractivity contribution in [3.8, 4) is 0 Å². The first-order valence-electron chi connectivity index (χ1n) is 15.0. The quantitative estimate of drug-likeness (QED) is 0.170. The van der Waals surface area contributed by atoms with Gasteiger partial charge in [-0.3, -0.25) is 24.4 Å². The average molecular weight is 637 g/mol. The standard InChI is InChI=1S/C28H36N4O.C5H8O5.CO2/c1-29-27(20-23-10-4-3-5-11-23)28(33)32(2)26(16-6-12-24-14-8-18-30-21-24)17-7-13-25-15-9-19-31-22-25;6-3(1-4(7)8)2-5(9)10;2-1-3/h3-5,8-11,14-15,18-19,21-22,26-27,29H,6-7,12-13,16-17,20H2,1-2H3;3,6H,1-2H2,(H,7,8)(H,9,10);/t27-;;/m0../s1. The number of aryl methyl sites for hydroxylation is 2. The minimum atomic E-state index is -1.28. The zero-order chi connectivity index (χ0) is 34.2. The monoisotopic (exact) mass is 636 g/mol. The number of aliphatic carboxylic acids is 2. The number of hydrogen-bond donors (Lipinski definition) is 4. The second-order valence-corrected chi connectivity index (χ2v) is 10.6. The van der Waals surface area contributed by atoms with Crippen molar-refractivity contribution >= 4 is 24.0 Å². The summed E-state index contributed by atoms with van der Waals surface area (Å²) in [4.78, 5) is 59.8. The lowest BCUT2D eigenvalue weighted by Gasteiger charge is -2.32. The average Bonchev–Trinajstić information content (AvgIpc) is 3.03. The second-order valence-electron chi connectivity index (χ2n) is 10.6. The first kappa shape index (κ1) is 39.3. The molecular weight excluding hydrogens is 592 g/mol. The van der Waals surface area contributed by atoms with E-state index < -0.39 is 30.9 Å². The van der Waals surface area contributed by atoms with Crippen LogP contribution in [0.25, 0.3) is 0 Å². The first-order chi connectivity index (χ1) is 22.1. The largest absolute Gasteiger partial charge is 0.481 e.